The van der Waals surface area contributed by atoms with Crippen molar-refractivity contribution < 1.29 is 4.79 Å². The summed E-state index contributed by atoms with van der Waals surface area (Å²) in [6.07, 6.45) is 0. The summed E-state index contributed by atoms with van der Waals surface area (Å²) in [4.78, 5) is 12.0. The molecule has 0 heterocycles. The number of hydrogen-bond acceptors (Lipinski definition) is 2. The van der Waals surface area contributed by atoms with E-state index in [2.05, 4.69) is 40.3 Å². The highest BCUT2D eigenvalue weighted by Crippen LogP contribution is 2.16. The Balaban J connectivity index is 1.92. The zero-order chi connectivity index (χ0) is 13.7. The number of benzene rings is 2. The van der Waals surface area contributed by atoms with Gasteiger partial charge < -0.3 is 5.32 Å². The zero-order valence-corrected chi connectivity index (χ0v) is 12.4. The van der Waals surface area contributed by atoms with Gasteiger partial charge in [0.05, 0.1) is 6.54 Å². The lowest BCUT2D eigenvalue weighted by atomic mass is 10.1. The average Bonchev–Trinajstić information content (AvgIpc) is 2.46. The highest BCUT2D eigenvalue weighted by Gasteiger charge is 2.09. The van der Waals surface area contributed by atoms with Gasteiger partial charge in [-0.2, -0.15) is 0 Å². The molecule has 0 spiro atoms. The van der Waals surface area contributed by atoms with Crippen molar-refractivity contribution in [3.8, 4) is 0 Å². The minimum Gasteiger partial charge on any atom is -0.303 e. The van der Waals surface area contributed by atoms with Gasteiger partial charge in [0.25, 0.3) is 0 Å². The predicted molar refractivity (Wildman–Crippen MR) is 81.3 cm³/mol. The molecule has 0 unspecified atom stereocenters. The van der Waals surface area contributed by atoms with Crippen LogP contribution >= 0.6 is 15.9 Å². The maximum Gasteiger partial charge on any atom is 0.176 e. The van der Waals surface area contributed by atoms with Gasteiger partial charge in [0.1, 0.15) is 0 Å². The minimum absolute atomic E-state index is 0.115. The summed E-state index contributed by atoms with van der Waals surface area (Å²) in [6, 6.07) is 17.6. The van der Waals surface area contributed by atoms with Crippen molar-refractivity contribution in [3.05, 3.63) is 70.2 Å². The SMILES string of the molecule is C[C@H](NCC(=O)c1ccccc1)c1ccc(Br)cc1. The second kappa shape index (κ2) is 6.64. The van der Waals surface area contributed by atoms with Crippen molar-refractivity contribution in [2.24, 2.45) is 0 Å². The van der Waals surface area contributed by atoms with E-state index in [0.29, 0.717) is 6.54 Å². The molecule has 0 bridgehead atoms. The minimum atomic E-state index is 0.115. The van der Waals surface area contributed by atoms with Crippen LogP contribution in [0, 0.1) is 0 Å². The molecular formula is C16H16BrNO. The van der Waals surface area contributed by atoms with E-state index in [0.717, 1.165) is 10.0 Å². The van der Waals surface area contributed by atoms with E-state index in [-0.39, 0.29) is 11.8 Å². The molecule has 0 aromatic heterocycles. The number of rotatable bonds is 5. The van der Waals surface area contributed by atoms with Crippen LogP contribution in [-0.4, -0.2) is 12.3 Å². The van der Waals surface area contributed by atoms with Gasteiger partial charge in [-0.05, 0) is 24.6 Å². The summed E-state index contributed by atoms with van der Waals surface area (Å²) in [7, 11) is 0. The van der Waals surface area contributed by atoms with Crippen LogP contribution in [0.1, 0.15) is 28.9 Å². The Bertz CT molecular complexity index is 536. The number of halogens is 1. The van der Waals surface area contributed by atoms with Gasteiger partial charge in [-0.15, -0.1) is 0 Å². The fourth-order valence-electron chi connectivity index (χ4n) is 1.84. The largest absolute Gasteiger partial charge is 0.303 e. The summed E-state index contributed by atoms with van der Waals surface area (Å²) in [6.45, 7) is 2.41. The van der Waals surface area contributed by atoms with E-state index < -0.39 is 0 Å². The van der Waals surface area contributed by atoms with Gasteiger partial charge in [-0.1, -0.05) is 58.4 Å². The van der Waals surface area contributed by atoms with Crippen molar-refractivity contribution in [1.82, 2.24) is 5.32 Å². The highest BCUT2D eigenvalue weighted by molar-refractivity contribution is 9.10. The fraction of sp³-hybridized carbons (Fsp3) is 0.188. The molecule has 0 amide bonds. The predicted octanol–water partition coefficient (Wildman–Crippen LogP) is 3.98. The number of nitrogens with one attached hydrogen (secondary N) is 1. The van der Waals surface area contributed by atoms with Crippen LogP contribution in [0.5, 0.6) is 0 Å². The lowest BCUT2D eigenvalue weighted by Crippen LogP contribution is -2.25. The van der Waals surface area contributed by atoms with E-state index in [4.69, 9.17) is 0 Å². The first kappa shape index (κ1) is 14.0. The third-order valence-corrected chi connectivity index (χ3v) is 3.56. The van der Waals surface area contributed by atoms with Gasteiger partial charge in [-0.3, -0.25) is 4.79 Å². The van der Waals surface area contributed by atoms with Crippen LogP contribution in [-0.2, 0) is 0 Å². The molecule has 2 rings (SSSR count). The second-order valence-electron chi connectivity index (χ2n) is 4.44. The zero-order valence-electron chi connectivity index (χ0n) is 10.8. The monoisotopic (exact) mass is 317 g/mol. The van der Waals surface area contributed by atoms with Crippen LogP contribution in [0.15, 0.2) is 59.1 Å². The van der Waals surface area contributed by atoms with Crippen molar-refractivity contribution in [2.45, 2.75) is 13.0 Å². The number of carbonyl (C=O) groups is 1. The molecule has 0 saturated carbocycles. The van der Waals surface area contributed by atoms with E-state index in [1.807, 2.05) is 42.5 Å². The second-order valence-corrected chi connectivity index (χ2v) is 5.36. The van der Waals surface area contributed by atoms with Crippen molar-refractivity contribution in [3.63, 3.8) is 0 Å². The molecule has 3 heteroatoms. The maximum absolute atomic E-state index is 12.0. The lowest BCUT2D eigenvalue weighted by Gasteiger charge is -2.13. The third-order valence-electron chi connectivity index (χ3n) is 3.03. The van der Waals surface area contributed by atoms with Gasteiger partial charge >= 0.3 is 0 Å². The first-order valence-corrected chi connectivity index (χ1v) is 7.03. The van der Waals surface area contributed by atoms with Gasteiger partial charge in [-0.25, -0.2) is 0 Å². The molecule has 0 aliphatic heterocycles. The van der Waals surface area contributed by atoms with Crippen molar-refractivity contribution in [1.29, 1.82) is 0 Å². The Morgan fingerprint density at radius 1 is 1.11 bits per heavy atom. The molecule has 2 nitrogen and oxygen atoms in total. The van der Waals surface area contributed by atoms with Gasteiger partial charge in [0.2, 0.25) is 0 Å². The Labute approximate surface area is 122 Å². The Kier molecular flexibility index (Phi) is 4.88. The molecule has 1 N–H and O–H groups in total. The summed E-state index contributed by atoms with van der Waals surface area (Å²) < 4.78 is 1.06. The molecule has 0 aliphatic rings. The molecule has 19 heavy (non-hydrogen) atoms. The summed E-state index contributed by atoms with van der Waals surface area (Å²) in [5, 5.41) is 3.25. The highest BCUT2D eigenvalue weighted by atomic mass is 79.9. The molecule has 98 valence electrons. The molecule has 0 saturated heterocycles. The molecule has 2 aromatic carbocycles. The topological polar surface area (TPSA) is 29.1 Å². The van der Waals surface area contributed by atoms with Gasteiger partial charge in [0.15, 0.2) is 5.78 Å². The normalized spacial score (nSPS) is 12.1. The first-order chi connectivity index (χ1) is 9.16. The third kappa shape index (κ3) is 4.01. The van der Waals surface area contributed by atoms with Crippen LogP contribution in [0.4, 0.5) is 0 Å². The summed E-state index contributed by atoms with van der Waals surface area (Å²) in [5.74, 6) is 0.115. The smallest absolute Gasteiger partial charge is 0.176 e. The number of ketones is 1. The fourth-order valence-corrected chi connectivity index (χ4v) is 2.11. The van der Waals surface area contributed by atoms with Gasteiger partial charge in [0, 0.05) is 16.1 Å². The summed E-state index contributed by atoms with van der Waals surface area (Å²) in [5.41, 5.74) is 1.92. The average molecular weight is 318 g/mol. The molecular weight excluding hydrogens is 302 g/mol. The standard InChI is InChI=1S/C16H16BrNO/c1-12(13-7-9-15(17)10-8-13)18-11-16(19)14-5-3-2-4-6-14/h2-10,12,18H,11H2,1H3/t12-/m0/s1. The number of carbonyl (C=O) groups excluding carboxylic acids is 1. The Morgan fingerprint density at radius 2 is 1.74 bits per heavy atom. The maximum atomic E-state index is 12.0. The molecule has 0 aliphatic carbocycles. The number of Topliss-reactive ketones (excluding diaryl/α,β-unsaturated/α-hetero) is 1. The van der Waals surface area contributed by atoms with E-state index in [1.165, 1.54) is 5.56 Å². The Morgan fingerprint density at radius 3 is 2.37 bits per heavy atom. The van der Waals surface area contributed by atoms with Crippen LogP contribution in [0.2, 0.25) is 0 Å². The van der Waals surface area contributed by atoms with Crippen LogP contribution in [0.25, 0.3) is 0 Å². The van der Waals surface area contributed by atoms with E-state index in [9.17, 15) is 4.79 Å². The van der Waals surface area contributed by atoms with Crippen molar-refractivity contribution >= 4 is 21.7 Å². The molecule has 0 fully saturated rings. The number of hydrogen-bond donors (Lipinski definition) is 1. The quantitative estimate of drug-likeness (QED) is 0.845. The van der Waals surface area contributed by atoms with Crippen LogP contribution in [0.3, 0.4) is 0 Å². The van der Waals surface area contributed by atoms with Crippen LogP contribution < -0.4 is 5.32 Å². The first-order valence-electron chi connectivity index (χ1n) is 6.24. The summed E-state index contributed by atoms with van der Waals surface area (Å²) >= 11 is 3.41. The van der Waals surface area contributed by atoms with E-state index >= 15 is 0 Å². The lowest BCUT2D eigenvalue weighted by molar-refractivity contribution is 0.0988. The molecule has 2 aromatic rings. The molecule has 1 atom stereocenters. The van der Waals surface area contributed by atoms with E-state index in [1.54, 1.807) is 0 Å². The molecule has 0 radical (unpaired) electrons. The van der Waals surface area contributed by atoms with Crippen molar-refractivity contribution in [2.75, 3.05) is 6.54 Å². The Hall–Kier alpha value is -1.45.